The van der Waals surface area contributed by atoms with Crippen LogP contribution in [0.2, 0.25) is 0 Å². The molecule has 1 atom stereocenters. The fourth-order valence-corrected chi connectivity index (χ4v) is 3.44. The largest absolute Gasteiger partial charge is 0.417 e. The topological polar surface area (TPSA) is 103 Å². The molecule has 11 heteroatoms. The first-order chi connectivity index (χ1) is 16.0. The summed E-state index contributed by atoms with van der Waals surface area (Å²) in [5, 5.41) is 6.81. The number of hydrogen-bond acceptors (Lipinski definition) is 4. The highest BCUT2D eigenvalue weighted by Gasteiger charge is 2.31. The average Bonchev–Trinajstić information content (AvgIpc) is 3.22. The van der Waals surface area contributed by atoms with Gasteiger partial charge < -0.3 is 11.1 Å². The first kappa shape index (κ1) is 24.9. The van der Waals surface area contributed by atoms with E-state index in [4.69, 9.17) is 5.73 Å². The number of carbonyl (C=O) groups excluding carboxylic acids is 2. The Bertz CT molecular complexity index is 1160. The fraction of sp³-hybridized carbons (Fsp3) is 0.304. The Morgan fingerprint density at radius 2 is 1.76 bits per heavy atom. The molecule has 180 valence electrons. The van der Waals surface area contributed by atoms with Gasteiger partial charge in [0, 0.05) is 12.7 Å². The highest BCUT2D eigenvalue weighted by Crippen LogP contribution is 2.29. The van der Waals surface area contributed by atoms with E-state index in [2.05, 4.69) is 15.4 Å². The Balaban J connectivity index is 1.78. The van der Waals surface area contributed by atoms with Crippen molar-refractivity contribution in [2.75, 3.05) is 6.54 Å². The first-order valence-corrected chi connectivity index (χ1v) is 10.4. The number of halogens is 4. The van der Waals surface area contributed by atoms with E-state index < -0.39 is 35.3 Å². The van der Waals surface area contributed by atoms with Gasteiger partial charge >= 0.3 is 6.18 Å². The molecule has 34 heavy (non-hydrogen) atoms. The zero-order valence-electron chi connectivity index (χ0n) is 18.4. The maximum absolute atomic E-state index is 13.1. The average molecular weight is 477 g/mol. The van der Waals surface area contributed by atoms with Gasteiger partial charge in [-0.2, -0.15) is 18.3 Å². The molecule has 2 heterocycles. The number of primary amides is 1. The van der Waals surface area contributed by atoms with Crippen LogP contribution < -0.4 is 11.1 Å². The van der Waals surface area contributed by atoms with Gasteiger partial charge in [0.2, 0.25) is 5.91 Å². The molecule has 0 radical (unpaired) electrons. The van der Waals surface area contributed by atoms with Gasteiger partial charge in [0.15, 0.2) is 5.82 Å². The van der Waals surface area contributed by atoms with Crippen molar-refractivity contribution in [1.82, 2.24) is 20.1 Å². The van der Waals surface area contributed by atoms with Crippen molar-refractivity contribution in [3.8, 4) is 5.82 Å². The van der Waals surface area contributed by atoms with Gasteiger partial charge in [0.1, 0.15) is 5.82 Å². The number of amides is 2. The Morgan fingerprint density at radius 1 is 1.09 bits per heavy atom. The number of pyridine rings is 1. The third-order valence-electron chi connectivity index (χ3n) is 5.20. The maximum atomic E-state index is 13.1. The lowest BCUT2D eigenvalue weighted by molar-refractivity contribution is -0.137. The van der Waals surface area contributed by atoms with E-state index in [9.17, 15) is 27.2 Å². The number of nitrogens with zero attached hydrogens (tertiary/aromatic N) is 3. The molecule has 0 aliphatic carbocycles. The van der Waals surface area contributed by atoms with Gasteiger partial charge in [-0.05, 0) is 42.2 Å². The van der Waals surface area contributed by atoms with Crippen LogP contribution in [0.5, 0.6) is 0 Å². The molecule has 0 saturated carbocycles. The summed E-state index contributed by atoms with van der Waals surface area (Å²) in [5.74, 6) is -2.39. The molecule has 0 fully saturated rings. The second kappa shape index (κ2) is 10.0. The van der Waals surface area contributed by atoms with Crippen LogP contribution in [0.4, 0.5) is 17.6 Å². The lowest BCUT2D eigenvalue weighted by Gasteiger charge is -2.16. The maximum Gasteiger partial charge on any atom is 0.417 e. The third kappa shape index (κ3) is 5.77. The van der Waals surface area contributed by atoms with Gasteiger partial charge in [-0.15, -0.1) is 0 Å². The van der Waals surface area contributed by atoms with E-state index in [0.29, 0.717) is 17.5 Å². The van der Waals surface area contributed by atoms with E-state index in [1.165, 1.54) is 41.2 Å². The van der Waals surface area contributed by atoms with E-state index >= 15 is 0 Å². The van der Waals surface area contributed by atoms with Crippen LogP contribution in [-0.2, 0) is 17.4 Å². The van der Waals surface area contributed by atoms with Crippen molar-refractivity contribution in [3.63, 3.8) is 0 Å². The molecule has 0 bridgehead atoms. The molecule has 1 aromatic carbocycles. The Labute approximate surface area is 193 Å². The van der Waals surface area contributed by atoms with E-state index in [1.54, 1.807) is 13.8 Å². The minimum atomic E-state index is -4.52. The molecule has 7 nitrogen and oxygen atoms in total. The summed E-state index contributed by atoms with van der Waals surface area (Å²) in [5.41, 5.74) is 5.90. The molecule has 2 amide bonds. The quantitative estimate of drug-likeness (QED) is 0.484. The van der Waals surface area contributed by atoms with Crippen LogP contribution in [-0.4, -0.2) is 33.1 Å². The van der Waals surface area contributed by atoms with Gasteiger partial charge in [-0.1, -0.05) is 26.0 Å². The summed E-state index contributed by atoms with van der Waals surface area (Å²) in [6.45, 7) is 3.54. The van der Waals surface area contributed by atoms with E-state index in [0.717, 1.165) is 6.07 Å². The van der Waals surface area contributed by atoms with Crippen molar-refractivity contribution in [2.24, 2.45) is 11.7 Å². The van der Waals surface area contributed by atoms with Crippen LogP contribution in [0, 0.1) is 11.7 Å². The molecule has 0 saturated heterocycles. The number of rotatable bonds is 8. The van der Waals surface area contributed by atoms with Crippen LogP contribution in [0.25, 0.3) is 5.82 Å². The third-order valence-corrected chi connectivity index (χ3v) is 5.20. The predicted molar refractivity (Wildman–Crippen MR) is 116 cm³/mol. The monoisotopic (exact) mass is 477 g/mol. The molecule has 0 aliphatic rings. The van der Waals surface area contributed by atoms with Crippen molar-refractivity contribution >= 4 is 11.8 Å². The number of alkyl halides is 3. The van der Waals surface area contributed by atoms with Crippen molar-refractivity contribution in [1.29, 1.82) is 0 Å². The number of benzene rings is 1. The van der Waals surface area contributed by atoms with Crippen molar-refractivity contribution in [2.45, 2.75) is 32.4 Å². The van der Waals surface area contributed by atoms with Crippen LogP contribution >= 0.6 is 0 Å². The van der Waals surface area contributed by atoms with Crippen LogP contribution in [0.3, 0.4) is 0 Å². The summed E-state index contributed by atoms with van der Waals surface area (Å²) in [6, 6.07) is 7.67. The van der Waals surface area contributed by atoms with Crippen LogP contribution in [0.15, 0.2) is 48.8 Å². The fourth-order valence-electron chi connectivity index (χ4n) is 3.44. The van der Waals surface area contributed by atoms with E-state index in [1.807, 2.05) is 0 Å². The Kier molecular flexibility index (Phi) is 7.33. The Morgan fingerprint density at radius 3 is 2.29 bits per heavy atom. The van der Waals surface area contributed by atoms with Crippen molar-refractivity contribution < 1.29 is 27.2 Å². The molecule has 0 aliphatic heterocycles. The van der Waals surface area contributed by atoms with E-state index in [-0.39, 0.29) is 30.3 Å². The zero-order valence-corrected chi connectivity index (χ0v) is 18.4. The highest BCUT2D eigenvalue weighted by atomic mass is 19.4. The minimum absolute atomic E-state index is 0.0627. The Hall–Kier alpha value is -3.76. The van der Waals surface area contributed by atoms with Gasteiger partial charge in [-0.25, -0.2) is 14.1 Å². The lowest BCUT2D eigenvalue weighted by atomic mass is 9.98. The molecule has 3 aromatic rings. The van der Waals surface area contributed by atoms with Gasteiger partial charge in [0.05, 0.1) is 28.9 Å². The molecule has 3 rings (SSSR count). The molecular formula is C23H23F4N5O2. The van der Waals surface area contributed by atoms with Crippen LogP contribution in [0.1, 0.15) is 46.9 Å². The predicted octanol–water partition coefficient (Wildman–Crippen LogP) is 3.62. The number of aromatic nitrogens is 3. The molecular weight excluding hydrogens is 454 g/mol. The standard InChI is InChI=1S/C23H23F4N5O2/c1-13(2)20-18(12-31-32(20)19-8-5-16(11-29-19)23(25,26)27)22(34)30-10-15(21(28)33)9-14-3-6-17(24)7-4-14/h3-8,11-13,15H,9-10H2,1-2H3,(H2,28,33)(H,30,34). The number of nitrogens with one attached hydrogen (secondary N) is 1. The number of hydrogen-bond donors (Lipinski definition) is 2. The summed E-state index contributed by atoms with van der Waals surface area (Å²) in [4.78, 5) is 28.6. The lowest BCUT2D eigenvalue weighted by Crippen LogP contribution is -2.37. The second-order valence-electron chi connectivity index (χ2n) is 8.05. The normalized spacial score (nSPS) is 12.6. The SMILES string of the molecule is CC(C)c1c(C(=O)NCC(Cc2ccc(F)cc2)C(N)=O)cnn1-c1ccc(C(F)(F)F)cn1. The molecule has 0 spiro atoms. The van der Waals surface area contributed by atoms with Gasteiger partial charge in [-0.3, -0.25) is 9.59 Å². The highest BCUT2D eigenvalue weighted by molar-refractivity contribution is 5.95. The molecule has 3 N–H and O–H groups in total. The van der Waals surface area contributed by atoms with Gasteiger partial charge in [0.25, 0.3) is 5.91 Å². The summed E-state index contributed by atoms with van der Waals surface area (Å²) in [7, 11) is 0. The molecule has 1 unspecified atom stereocenters. The first-order valence-electron chi connectivity index (χ1n) is 10.4. The zero-order chi connectivity index (χ0) is 25.0. The minimum Gasteiger partial charge on any atom is -0.369 e. The number of carbonyl (C=O) groups is 2. The number of nitrogens with two attached hydrogens (primary N) is 1. The summed E-state index contributed by atoms with van der Waals surface area (Å²) >= 11 is 0. The molecule has 2 aromatic heterocycles. The smallest absolute Gasteiger partial charge is 0.369 e. The summed E-state index contributed by atoms with van der Waals surface area (Å²) in [6.07, 6.45) is -2.31. The summed E-state index contributed by atoms with van der Waals surface area (Å²) < 4.78 is 52.9. The van der Waals surface area contributed by atoms with Crippen molar-refractivity contribution in [3.05, 3.63) is 77.0 Å². The second-order valence-corrected chi connectivity index (χ2v) is 8.05.